The van der Waals surface area contributed by atoms with Crippen LogP contribution in [-0.2, 0) is 0 Å². The molecule has 1 N–H and O–H groups in total. The topological polar surface area (TPSA) is 46.5 Å². The fourth-order valence-corrected chi connectivity index (χ4v) is 1.42. The van der Waals surface area contributed by atoms with Crippen molar-refractivity contribution in [2.24, 2.45) is 0 Å². The SMILES string of the molecule is COc1c(Br)ccc(F)c1C(=O)O. The molecular weight excluding hydrogens is 243 g/mol. The lowest BCUT2D eigenvalue weighted by Gasteiger charge is -2.07. The summed E-state index contributed by atoms with van der Waals surface area (Å²) in [5, 5.41) is 8.66. The summed E-state index contributed by atoms with van der Waals surface area (Å²) in [5.74, 6) is -2.17. The third-order valence-electron chi connectivity index (χ3n) is 1.48. The van der Waals surface area contributed by atoms with E-state index >= 15 is 0 Å². The van der Waals surface area contributed by atoms with Crippen molar-refractivity contribution < 1.29 is 19.0 Å². The van der Waals surface area contributed by atoms with E-state index in [9.17, 15) is 9.18 Å². The van der Waals surface area contributed by atoms with Gasteiger partial charge in [0.25, 0.3) is 0 Å². The molecule has 1 rings (SSSR count). The monoisotopic (exact) mass is 248 g/mol. The first-order valence-electron chi connectivity index (χ1n) is 3.33. The zero-order valence-electron chi connectivity index (χ0n) is 6.67. The molecule has 0 saturated heterocycles. The summed E-state index contributed by atoms with van der Waals surface area (Å²) in [4.78, 5) is 10.6. The highest BCUT2D eigenvalue weighted by atomic mass is 79.9. The highest BCUT2D eigenvalue weighted by molar-refractivity contribution is 9.10. The highest BCUT2D eigenvalue weighted by Gasteiger charge is 2.18. The molecule has 0 amide bonds. The molecule has 0 spiro atoms. The summed E-state index contributed by atoms with van der Waals surface area (Å²) in [7, 11) is 1.28. The van der Waals surface area contributed by atoms with Gasteiger partial charge in [0.2, 0.25) is 0 Å². The molecule has 0 radical (unpaired) electrons. The fourth-order valence-electron chi connectivity index (χ4n) is 0.932. The Morgan fingerprint density at radius 2 is 2.23 bits per heavy atom. The molecule has 0 saturated carbocycles. The molecule has 0 fully saturated rings. The molecule has 0 atom stereocenters. The molecule has 70 valence electrons. The zero-order valence-corrected chi connectivity index (χ0v) is 8.26. The molecule has 1 aromatic rings. The van der Waals surface area contributed by atoms with Gasteiger partial charge in [-0.25, -0.2) is 9.18 Å². The molecule has 0 bridgehead atoms. The Labute approximate surface area is 82.3 Å². The van der Waals surface area contributed by atoms with Gasteiger partial charge >= 0.3 is 5.97 Å². The van der Waals surface area contributed by atoms with E-state index in [1.54, 1.807) is 0 Å². The summed E-state index contributed by atoms with van der Waals surface area (Å²) >= 11 is 3.05. The van der Waals surface area contributed by atoms with Crippen LogP contribution in [0.4, 0.5) is 4.39 Å². The van der Waals surface area contributed by atoms with Crippen molar-refractivity contribution >= 4 is 21.9 Å². The van der Waals surface area contributed by atoms with Gasteiger partial charge in [-0.3, -0.25) is 0 Å². The van der Waals surface area contributed by atoms with E-state index in [4.69, 9.17) is 9.84 Å². The summed E-state index contributed by atoms with van der Waals surface area (Å²) in [6, 6.07) is 2.46. The number of carboxylic acids is 1. The highest BCUT2D eigenvalue weighted by Crippen LogP contribution is 2.30. The maximum atomic E-state index is 13.0. The smallest absolute Gasteiger partial charge is 0.342 e. The Hall–Kier alpha value is -1.10. The quantitative estimate of drug-likeness (QED) is 0.874. The molecular formula is C8H6BrFO3. The van der Waals surface area contributed by atoms with Crippen LogP contribution in [0.1, 0.15) is 10.4 Å². The molecule has 1 aromatic carbocycles. The Morgan fingerprint density at radius 1 is 1.62 bits per heavy atom. The molecule has 3 nitrogen and oxygen atoms in total. The van der Waals surface area contributed by atoms with E-state index in [0.717, 1.165) is 6.07 Å². The maximum absolute atomic E-state index is 13.0. The minimum atomic E-state index is -1.35. The zero-order chi connectivity index (χ0) is 10.0. The molecule has 0 aromatic heterocycles. The number of hydrogen-bond donors (Lipinski definition) is 1. The normalized spacial score (nSPS) is 9.77. The lowest BCUT2D eigenvalue weighted by atomic mass is 10.2. The van der Waals surface area contributed by atoms with Crippen LogP contribution in [0.3, 0.4) is 0 Å². The summed E-state index contributed by atoms with van der Waals surface area (Å²) in [5.41, 5.74) is -0.461. The van der Waals surface area contributed by atoms with E-state index in [1.807, 2.05) is 0 Å². The summed E-state index contributed by atoms with van der Waals surface area (Å²) in [6.07, 6.45) is 0. The third-order valence-corrected chi connectivity index (χ3v) is 2.10. The summed E-state index contributed by atoms with van der Waals surface area (Å²) in [6.45, 7) is 0. The molecule has 0 aliphatic heterocycles. The number of carboxylic acid groups (broad SMARTS) is 1. The minimum absolute atomic E-state index is 0.00694. The number of ether oxygens (including phenoxy) is 1. The lowest BCUT2D eigenvalue weighted by Crippen LogP contribution is -2.04. The van der Waals surface area contributed by atoms with E-state index in [0.29, 0.717) is 4.47 Å². The molecule has 0 aliphatic carbocycles. The molecule has 0 unspecified atom stereocenters. The van der Waals surface area contributed by atoms with Gasteiger partial charge in [0.1, 0.15) is 11.4 Å². The number of aromatic carboxylic acids is 1. The van der Waals surface area contributed by atoms with Crippen LogP contribution in [0.5, 0.6) is 5.75 Å². The van der Waals surface area contributed by atoms with E-state index in [-0.39, 0.29) is 5.75 Å². The van der Waals surface area contributed by atoms with Crippen molar-refractivity contribution in [3.8, 4) is 5.75 Å². The average Bonchev–Trinajstić information content (AvgIpc) is 2.07. The van der Waals surface area contributed by atoms with Crippen LogP contribution < -0.4 is 4.74 Å². The van der Waals surface area contributed by atoms with Crippen molar-refractivity contribution in [1.82, 2.24) is 0 Å². The second kappa shape index (κ2) is 3.74. The Balaban J connectivity index is 3.43. The van der Waals surface area contributed by atoms with Gasteiger partial charge in [0.15, 0.2) is 5.75 Å². The van der Waals surface area contributed by atoms with Gasteiger partial charge in [-0.1, -0.05) is 0 Å². The first-order valence-corrected chi connectivity index (χ1v) is 4.12. The van der Waals surface area contributed by atoms with Crippen LogP contribution in [0.25, 0.3) is 0 Å². The summed E-state index contributed by atoms with van der Waals surface area (Å²) < 4.78 is 18.1. The molecule has 0 heterocycles. The third kappa shape index (κ3) is 1.80. The van der Waals surface area contributed by atoms with Gasteiger partial charge in [-0.2, -0.15) is 0 Å². The maximum Gasteiger partial charge on any atom is 0.342 e. The predicted octanol–water partition coefficient (Wildman–Crippen LogP) is 2.29. The molecule has 5 heteroatoms. The van der Waals surface area contributed by atoms with Gasteiger partial charge in [0.05, 0.1) is 11.6 Å². The standard InChI is InChI=1S/C8H6BrFO3/c1-13-7-4(9)2-3-5(10)6(7)8(11)12/h2-3H,1H3,(H,11,12). The van der Waals surface area contributed by atoms with Crippen LogP contribution in [0, 0.1) is 5.82 Å². The van der Waals surface area contributed by atoms with Gasteiger partial charge < -0.3 is 9.84 Å². The van der Waals surface area contributed by atoms with E-state index < -0.39 is 17.3 Å². The van der Waals surface area contributed by atoms with Crippen LogP contribution in [-0.4, -0.2) is 18.2 Å². The number of carbonyl (C=O) groups is 1. The minimum Gasteiger partial charge on any atom is -0.495 e. The van der Waals surface area contributed by atoms with Gasteiger partial charge in [0, 0.05) is 0 Å². The number of rotatable bonds is 2. The predicted molar refractivity (Wildman–Crippen MR) is 47.6 cm³/mol. The van der Waals surface area contributed by atoms with Gasteiger partial charge in [-0.05, 0) is 28.1 Å². The number of methoxy groups -OCH3 is 1. The average molecular weight is 249 g/mol. The Morgan fingerprint density at radius 3 is 2.62 bits per heavy atom. The fraction of sp³-hybridized carbons (Fsp3) is 0.125. The van der Waals surface area contributed by atoms with Crippen molar-refractivity contribution in [3.05, 3.63) is 28.0 Å². The molecule has 0 aliphatic rings. The lowest BCUT2D eigenvalue weighted by molar-refractivity contribution is 0.0688. The number of hydrogen-bond acceptors (Lipinski definition) is 2. The first kappa shape index (κ1) is 9.98. The van der Waals surface area contributed by atoms with Crippen LogP contribution >= 0.6 is 15.9 Å². The second-order valence-corrected chi connectivity index (χ2v) is 3.10. The Bertz CT molecular complexity index is 351. The first-order chi connectivity index (χ1) is 6.07. The van der Waals surface area contributed by atoms with E-state index in [2.05, 4.69) is 15.9 Å². The van der Waals surface area contributed by atoms with E-state index in [1.165, 1.54) is 13.2 Å². The Kier molecular flexibility index (Phi) is 2.87. The van der Waals surface area contributed by atoms with Crippen molar-refractivity contribution in [2.45, 2.75) is 0 Å². The van der Waals surface area contributed by atoms with Crippen molar-refractivity contribution in [1.29, 1.82) is 0 Å². The van der Waals surface area contributed by atoms with Crippen molar-refractivity contribution in [3.63, 3.8) is 0 Å². The van der Waals surface area contributed by atoms with Crippen LogP contribution in [0.15, 0.2) is 16.6 Å². The largest absolute Gasteiger partial charge is 0.495 e. The second-order valence-electron chi connectivity index (χ2n) is 2.24. The molecule has 13 heavy (non-hydrogen) atoms. The van der Waals surface area contributed by atoms with Gasteiger partial charge in [-0.15, -0.1) is 0 Å². The number of benzene rings is 1. The van der Waals surface area contributed by atoms with Crippen molar-refractivity contribution in [2.75, 3.05) is 7.11 Å². The van der Waals surface area contributed by atoms with Crippen LogP contribution in [0.2, 0.25) is 0 Å². The number of halogens is 2.